The lowest BCUT2D eigenvalue weighted by Crippen LogP contribution is -2.33. The molecule has 3 aromatic carbocycles. The third kappa shape index (κ3) is 4.68. The Balaban J connectivity index is 1.40. The fourth-order valence-electron chi connectivity index (χ4n) is 5.14. The van der Waals surface area contributed by atoms with Gasteiger partial charge in [-0.1, -0.05) is 53.4 Å². The zero-order valence-electron chi connectivity index (χ0n) is 21.0. The van der Waals surface area contributed by atoms with E-state index < -0.39 is 44.6 Å². The van der Waals surface area contributed by atoms with E-state index in [1.54, 1.807) is 36.4 Å². The number of non-ortho nitro benzene ring substituents is 1. The van der Waals surface area contributed by atoms with Gasteiger partial charge in [0.2, 0.25) is 17.7 Å². The van der Waals surface area contributed by atoms with Crippen molar-refractivity contribution < 1.29 is 24.4 Å². The number of thiazole rings is 1. The number of nitrogens with one attached hydrogen (secondary N) is 1. The molecule has 2 N–H and O–H groups in total. The van der Waals surface area contributed by atoms with Crippen molar-refractivity contribution >= 4 is 57.9 Å². The minimum Gasteiger partial charge on any atom is -0.508 e. The van der Waals surface area contributed by atoms with Crippen LogP contribution in [0.2, 0.25) is 0 Å². The number of para-hydroxylation sites is 1. The number of aromatic hydroxyl groups is 1. The minimum absolute atomic E-state index is 0.0142. The third-order valence-corrected chi connectivity index (χ3v) is 9.58. The van der Waals surface area contributed by atoms with Crippen molar-refractivity contribution in [1.82, 2.24) is 4.57 Å². The van der Waals surface area contributed by atoms with Crippen LogP contribution in [0.15, 0.2) is 88.7 Å². The number of phenolic OH excluding ortho intramolecular Hbond substituents is 1. The summed E-state index contributed by atoms with van der Waals surface area (Å²) in [7, 11) is 0. The first-order valence-electron chi connectivity index (χ1n) is 12.4. The number of anilines is 2. The summed E-state index contributed by atoms with van der Waals surface area (Å²) in [5.74, 6) is -3.02. The fraction of sp³-hybridized carbons (Fsp3) is 0.143. The van der Waals surface area contributed by atoms with E-state index in [-0.39, 0.29) is 23.7 Å². The molecule has 2 aliphatic heterocycles. The van der Waals surface area contributed by atoms with Gasteiger partial charge in [0.05, 0.1) is 21.6 Å². The zero-order chi connectivity index (χ0) is 28.8. The first-order valence-corrected chi connectivity index (χ1v) is 14.1. The minimum atomic E-state index is -0.915. The average Bonchev–Trinajstić information content (AvgIpc) is 3.40. The summed E-state index contributed by atoms with van der Waals surface area (Å²) in [5.41, 5.74) is 1.21. The topological polar surface area (TPSA) is 152 Å². The largest absolute Gasteiger partial charge is 0.508 e. The van der Waals surface area contributed by atoms with Crippen LogP contribution in [0.3, 0.4) is 0 Å². The number of fused-ring (bicyclic) bond motifs is 2. The van der Waals surface area contributed by atoms with Gasteiger partial charge in [0.15, 0.2) is 0 Å². The van der Waals surface area contributed by atoms with E-state index in [9.17, 15) is 34.4 Å². The lowest BCUT2D eigenvalue weighted by Gasteiger charge is -2.30. The second-order valence-corrected chi connectivity index (χ2v) is 11.6. The molecule has 0 aliphatic carbocycles. The molecule has 41 heavy (non-hydrogen) atoms. The molecule has 206 valence electrons. The van der Waals surface area contributed by atoms with Crippen LogP contribution in [-0.2, 0) is 20.9 Å². The smallest absolute Gasteiger partial charge is 0.308 e. The zero-order valence-corrected chi connectivity index (χ0v) is 22.6. The number of benzene rings is 3. The Hall–Kier alpha value is -4.75. The van der Waals surface area contributed by atoms with Crippen molar-refractivity contribution in [3.05, 3.63) is 109 Å². The highest BCUT2D eigenvalue weighted by atomic mass is 32.2. The molecule has 1 fully saturated rings. The average molecular weight is 589 g/mol. The number of aromatic nitrogens is 1. The van der Waals surface area contributed by atoms with E-state index in [4.69, 9.17) is 0 Å². The van der Waals surface area contributed by atoms with Crippen molar-refractivity contribution in [1.29, 1.82) is 0 Å². The molecule has 1 saturated heterocycles. The van der Waals surface area contributed by atoms with Crippen LogP contribution < -0.4 is 15.1 Å². The summed E-state index contributed by atoms with van der Waals surface area (Å²) < 4.78 is 1.32. The van der Waals surface area contributed by atoms with Crippen molar-refractivity contribution in [2.45, 2.75) is 22.7 Å². The number of carbonyl (C=O) groups is 3. The molecule has 4 aromatic rings. The Morgan fingerprint density at radius 3 is 2.29 bits per heavy atom. The summed E-state index contributed by atoms with van der Waals surface area (Å²) in [5, 5.41) is 23.3. The molecule has 1 aromatic heterocycles. The predicted octanol–water partition coefficient (Wildman–Crippen LogP) is 3.96. The normalized spacial score (nSPS) is 19.5. The molecule has 13 heteroatoms. The van der Waals surface area contributed by atoms with Gasteiger partial charge in [-0.2, -0.15) is 0 Å². The molecule has 3 atom stereocenters. The maximum Gasteiger partial charge on any atom is 0.308 e. The molecular formula is C28H20N4O7S2. The van der Waals surface area contributed by atoms with Crippen LogP contribution in [0.1, 0.15) is 16.4 Å². The van der Waals surface area contributed by atoms with Crippen molar-refractivity contribution in [3.8, 4) is 5.75 Å². The Morgan fingerprint density at radius 1 is 0.951 bits per heavy atom. The molecule has 0 saturated carbocycles. The Kier molecular flexibility index (Phi) is 6.67. The number of carbonyl (C=O) groups excluding carboxylic acids is 3. The number of nitro groups is 1. The van der Waals surface area contributed by atoms with E-state index in [2.05, 4.69) is 5.32 Å². The lowest BCUT2D eigenvalue weighted by atomic mass is 9.83. The van der Waals surface area contributed by atoms with Crippen LogP contribution >= 0.6 is 23.1 Å². The van der Waals surface area contributed by atoms with Gasteiger partial charge < -0.3 is 10.4 Å². The van der Waals surface area contributed by atoms with Crippen LogP contribution in [0.4, 0.5) is 17.1 Å². The molecule has 2 unspecified atom stereocenters. The molecule has 0 bridgehead atoms. The molecule has 0 spiro atoms. The van der Waals surface area contributed by atoms with Gasteiger partial charge in [-0.25, -0.2) is 4.90 Å². The van der Waals surface area contributed by atoms with Gasteiger partial charge in [-0.15, -0.1) is 0 Å². The van der Waals surface area contributed by atoms with Crippen LogP contribution in [0.25, 0.3) is 0 Å². The van der Waals surface area contributed by atoms with Crippen LogP contribution in [-0.4, -0.2) is 37.6 Å². The number of rotatable bonds is 6. The van der Waals surface area contributed by atoms with E-state index >= 15 is 0 Å². The quantitative estimate of drug-likeness (QED) is 0.195. The predicted molar refractivity (Wildman–Crippen MR) is 152 cm³/mol. The molecular weight excluding hydrogens is 568 g/mol. The monoisotopic (exact) mass is 588 g/mol. The van der Waals surface area contributed by atoms with Crippen molar-refractivity contribution in [2.24, 2.45) is 5.92 Å². The maximum atomic E-state index is 13.9. The summed E-state index contributed by atoms with van der Waals surface area (Å²) in [6.45, 7) is -0.291. The first kappa shape index (κ1) is 26.5. The highest BCUT2D eigenvalue weighted by Gasteiger charge is 2.56. The standard InChI is InChI=1S/C28H20N4O7S2/c33-19-12-6-15(7-13-19)21-22-23(26(36)31(25(22)35)17-8-10-18(11-9-17)32(38)39)40-27-24(21)41-28(37)30(27)14-20(34)29-16-4-2-1-3-5-16/h1-13,21-23,33H,14H2,(H,29,34)/t21-,22?,23?/m0/s1. The maximum absolute atomic E-state index is 13.9. The molecule has 2 aliphatic rings. The summed E-state index contributed by atoms with van der Waals surface area (Å²) in [6, 6.07) is 20.2. The van der Waals surface area contributed by atoms with Crippen LogP contribution in [0, 0.1) is 16.0 Å². The van der Waals surface area contributed by atoms with Gasteiger partial charge >= 0.3 is 4.87 Å². The Bertz CT molecular complexity index is 1750. The molecule has 0 radical (unpaired) electrons. The molecule has 3 amide bonds. The van der Waals surface area contributed by atoms with Crippen molar-refractivity contribution in [2.75, 3.05) is 10.2 Å². The van der Waals surface area contributed by atoms with Crippen LogP contribution in [0.5, 0.6) is 5.75 Å². The molecule has 6 rings (SSSR count). The Morgan fingerprint density at radius 2 is 1.63 bits per heavy atom. The van der Waals surface area contributed by atoms with E-state index in [0.717, 1.165) is 28.0 Å². The summed E-state index contributed by atoms with van der Waals surface area (Å²) in [4.78, 5) is 65.4. The van der Waals surface area contributed by atoms with Gasteiger partial charge in [-0.3, -0.25) is 33.9 Å². The van der Waals surface area contributed by atoms with E-state index in [0.29, 0.717) is 21.2 Å². The van der Waals surface area contributed by atoms with Crippen molar-refractivity contribution in [3.63, 3.8) is 0 Å². The second kappa shape index (κ2) is 10.3. The highest BCUT2D eigenvalue weighted by molar-refractivity contribution is 8.00. The number of nitrogens with zero attached hydrogens (tertiary/aromatic N) is 3. The van der Waals surface area contributed by atoms with Gasteiger partial charge in [0, 0.05) is 28.6 Å². The third-order valence-electron chi connectivity index (χ3n) is 6.98. The summed E-state index contributed by atoms with van der Waals surface area (Å²) in [6.07, 6.45) is 0. The molecule has 3 heterocycles. The number of nitro benzene ring substituents is 1. The number of hydrogen-bond acceptors (Lipinski definition) is 9. The van der Waals surface area contributed by atoms with Gasteiger partial charge in [-0.05, 0) is 42.0 Å². The van der Waals surface area contributed by atoms with Gasteiger partial charge in [0.1, 0.15) is 17.5 Å². The summed E-state index contributed by atoms with van der Waals surface area (Å²) >= 11 is 1.98. The first-order chi connectivity index (χ1) is 19.7. The number of phenols is 1. The number of imide groups is 1. The number of thioether (sulfide) groups is 1. The number of amides is 3. The Labute approximate surface area is 240 Å². The van der Waals surface area contributed by atoms with E-state index in [1.165, 1.54) is 41.0 Å². The fourth-order valence-corrected chi connectivity index (χ4v) is 7.91. The second-order valence-electron chi connectivity index (χ2n) is 9.46. The SMILES string of the molecule is O=C(Cn1c2c(sc1=O)[C@@H](c1ccc(O)cc1)C1C(=O)N(c3ccc([N+](=O)[O-])cc3)C(=O)C1S2)Nc1ccccc1. The number of hydrogen-bond donors (Lipinski definition) is 2. The van der Waals surface area contributed by atoms with E-state index in [1.807, 2.05) is 6.07 Å². The molecule has 11 nitrogen and oxygen atoms in total. The lowest BCUT2D eigenvalue weighted by molar-refractivity contribution is -0.384. The van der Waals surface area contributed by atoms with Gasteiger partial charge in [0.25, 0.3) is 5.69 Å². The highest BCUT2D eigenvalue weighted by Crippen LogP contribution is 2.54.